The summed E-state index contributed by atoms with van der Waals surface area (Å²) >= 11 is 1.58. The van der Waals surface area contributed by atoms with Crippen LogP contribution in [0, 0.1) is 17.2 Å². The number of carbonyl (C=O) groups is 1. The van der Waals surface area contributed by atoms with Crippen LogP contribution in [-0.2, 0) is 17.6 Å². The zero-order valence-corrected chi connectivity index (χ0v) is 16.2. The molecule has 1 aromatic carbocycles. The molecule has 26 heavy (non-hydrogen) atoms. The van der Waals surface area contributed by atoms with Gasteiger partial charge in [0.05, 0.1) is 5.56 Å². The number of nitrogens with zero attached hydrogens (tertiary/aromatic N) is 1. The molecule has 0 saturated heterocycles. The largest absolute Gasteiger partial charge is 0.332 e. The summed E-state index contributed by atoms with van der Waals surface area (Å²) in [4.78, 5) is 13.8. The summed E-state index contributed by atoms with van der Waals surface area (Å²) < 4.78 is 0. The van der Waals surface area contributed by atoms with Crippen LogP contribution in [0.15, 0.2) is 30.3 Å². The summed E-state index contributed by atoms with van der Waals surface area (Å²) in [5, 5.41) is 15.3. The number of carbonyl (C=O) groups excluding carboxylic acids is 1. The summed E-state index contributed by atoms with van der Waals surface area (Å²) in [5.41, 5.74) is 3.08. The maximum absolute atomic E-state index is 12.5. The van der Waals surface area contributed by atoms with E-state index in [0.29, 0.717) is 18.0 Å². The summed E-state index contributed by atoms with van der Waals surface area (Å²) in [5.74, 6) is 0.385. The zero-order chi connectivity index (χ0) is 18.5. The van der Waals surface area contributed by atoms with Crippen molar-refractivity contribution in [2.45, 2.75) is 45.6 Å². The molecule has 0 fully saturated rings. The molecule has 136 valence electrons. The van der Waals surface area contributed by atoms with Crippen molar-refractivity contribution in [2.75, 3.05) is 11.9 Å². The number of amides is 1. The van der Waals surface area contributed by atoms with E-state index in [9.17, 15) is 10.1 Å². The molecule has 0 aliphatic heterocycles. The first-order chi connectivity index (χ1) is 12.6. The van der Waals surface area contributed by atoms with E-state index in [-0.39, 0.29) is 11.9 Å². The van der Waals surface area contributed by atoms with Crippen molar-refractivity contribution in [3.05, 3.63) is 51.9 Å². The second-order valence-corrected chi connectivity index (χ2v) is 8.30. The van der Waals surface area contributed by atoms with Gasteiger partial charge in [-0.3, -0.25) is 4.79 Å². The van der Waals surface area contributed by atoms with Crippen molar-refractivity contribution in [2.24, 2.45) is 5.92 Å². The number of benzene rings is 1. The number of thiophene rings is 1. The number of rotatable bonds is 6. The highest BCUT2D eigenvalue weighted by Gasteiger charge is 2.23. The zero-order valence-electron chi connectivity index (χ0n) is 15.4. The van der Waals surface area contributed by atoms with Crippen LogP contribution in [0.3, 0.4) is 0 Å². The van der Waals surface area contributed by atoms with E-state index in [1.807, 2.05) is 18.2 Å². The Labute approximate surface area is 159 Å². The predicted octanol–water partition coefficient (Wildman–Crippen LogP) is 3.40. The third-order valence-electron chi connectivity index (χ3n) is 5.00. The van der Waals surface area contributed by atoms with Crippen molar-refractivity contribution in [3.8, 4) is 6.07 Å². The van der Waals surface area contributed by atoms with Gasteiger partial charge in [0.15, 0.2) is 6.54 Å². The second-order valence-electron chi connectivity index (χ2n) is 7.20. The summed E-state index contributed by atoms with van der Waals surface area (Å²) in [7, 11) is 0. The fraction of sp³-hybridized carbons (Fsp3) is 0.429. The maximum Gasteiger partial charge on any atom is 0.280 e. The van der Waals surface area contributed by atoms with E-state index in [0.717, 1.165) is 29.8 Å². The van der Waals surface area contributed by atoms with E-state index in [4.69, 9.17) is 0 Å². The minimum absolute atomic E-state index is 0.0401. The lowest BCUT2D eigenvalue weighted by molar-refractivity contribution is -0.692. The molecule has 0 bridgehead atoms. The van der Waals surface area contributed by atoms with Crippen LogP contribution in [-0.4, -0.2) is 12.5 Å². The number of hydrogen-bond donors (Lipinski definition) is 2. The van der Waals surface area contributed by atoms with Crippen LogP contribution in [0.1, 0.15) is 54.3 Å². The molecule has 1 aliphatic rings. The monoisotopic (exact) mass is 368 g/mol. The fourth-order valence-electron chi connectivity index (χ4n) is 3.65. The van der Waals surface area contributed by atoms with Gasteiger partial charge in [0.25, 0.3) is 5.91 Å². The van der Waals surface area contributed by atoms with Gasteiger partial charge in [-0.25, -0.2) is 0 Å². The number of nitriles is 1. The van der Waals surface area contributed by atoms with Crippen LogP contribution in [0.2, 0.25) is 0 Å². The lowest BCUT2D eigenvalue weighted by Gasteiger charge is -2.19. The Morgan fingerprint density at radius 2 is 2.00 bits per heavy atom. The molecule has 0 radical (unpaired) electrons. The highest BCUT2D eigenvalue weighted by atomic mass is 32.1. The molecule has 1 aromatic heterocycles. The lowest BCUT2D eigenvalue weighted by Crippen LogP contribution is -2.88. The number of anilines is 1. The van der Waals surface area contributed by atoms with Gasteiger partial charge in [-0.1, -0.05) is 44.2 Å². The molecular weight excluding hydrogens is 342 g/mol. The van der Waals surface area contributed by atoms with Crippen molar-refractivity contribution >= 4 is 22.2 Å². The minimum Gasteiger partial charge on any atom is -0.332 e. The topological polar surface area (TPSA) is 69.5 Å². The predicted molar refractivity (Wildman–Crippen MR) is 105 cm³/mol. The maximum atomic E-state index is 12.5. The summed E-state index contributed by atoms with van der Waals surface area (Å²) in [6.45, 7) is 4.70. The highest BCUT2D eigenvalue weighted by molar-refractivity contribution is 7.16. The Hall–Kier alpha value is -2.16. The van der Waals surface area contributed by atoms with Crippen LogP contribution in [0.4, 0.5) is 5.00 Å². The second kappa shape index (κ2) is 8.48. The van der Waals surface area contributed by atoms with Crippen molar-refractivity contribution in [1.82, 2.24) is 0 Å². The first-order valence-electron chi connectivity index (χ1n) is 9.33. The number of nitrogens with one attached hydrogen (secondary N) is 1. The standard InChI is InChI=1S/C21H25N3OS/c1-14(2)20(15-8-4-3-5-9-15)23-13-19(25)24-21-17(12-22)16-10-6-7-11-18(16)26-21/h3-5,8-9,14,20,23H,6-7,10-11,13H2,1-2H3,(H,24,25)/p+1/t20-/m1/s1. The van der Waals surface area contributed by atoms with Crippen molar-refractivity contribution < 1.29 is 10.1 Å². The van der Waals surface area contributed by atoms with Gasteiger partial charge in [-0.05, 0) is 31.2 Å². The van der Waals surface area contributed by atoms with Gasteiger partial charge in [0.2, 0.25) is 0 Å². The Kier molecular flexibility index (Phi) is 6.08. The van der Waals surface area contributed by atoms with E-state index in [1.54, 1.807) is 11.3 Å². The average molecular weight is 369 g/mol. The molecule has 2 aromatic rings. The smallest absolute Gasteiger partial charge is 0.280 e. The first kappa shape index (κ1) is 18.6. The van der Waals surface area contributed by atoms with Gasteiger partial charge < -0.3 is 10.6 Å². The number of aryl methyl sites for hydroxylation is 1. The number of quaternary nitrogens is 1. The Morgan fingerprint density at radius 3 is 2.69 bits per heavy atom. The Morgan fingerprint density at radius 1 is 1.27 bits per heavy atom. The molecule has 1 aliphatic carbocycles. The van der Waals surface area contributed by atoms with E-state index in [1.165, 1.54) is 16.9 Å². The SMILES string of the molecule is CC(C)[C@@H]([NH2+]CC(=O)Nc1sc2c(c1C#N)CCCC2)c1ccccc1. The molecular formula is C21H26N3OS+. The van der Waals surface area contributed by atoms with E-state index < -0.39 is 0 Å². The van der Waals surface area contributed by atoms with Crippen molar-refractivity contribution in [3.63, 3.8) is 0 Å². The molecule has 4 nitrogen and oxygen atoms in total. The summed E-state index contributed by atoms with van der Waals surface area (Å²) in [6, 6.07) is 12.9. The van der Waals surface area contributed by atoms with Gasteiger partial charge in [-0.2, -0.15) is 5.26 Å². The Balaban J connectivity index is 1.66. The normalized spacial score (nSPS) is 14.5. The average Bonchev–Trinajstić information content (AvgIpc) is 2.99. The van der Waals surface area contributed by atoms with Gasteiger partial charge in [0.1, 0.15) is 17.1 Å². The molecule has 3 N–H and O–H groups in total. The number of nitrogens with two attached hydrogens (primary N) is 1. The van der Waals surface area contributed by atoms with Gasteiger partial charge in [-0.15, -0.1) is 11.3 Å². The molecule has 0 saturated carbocycles. The number of hydrogen-bond acceptors (Lipinski definition) is 3. The molecule has 1 heterocycles. The van der Waals surface area contributed by atoms with E-state index >= 15 is 0 Å². The van der Waals surface area contributed by atoms with Gasteiger partial charge >= 0.3 is 0 Å². The molecule has 0 spiro atoms. The fourth-order valence-corrected chi connectivity index (χ4v) is 4.91. The van der Waals surface area contributed by atoms with Crippen LogP contribution < -0.4 is 10.6 Å². The first-order valence-corrected chi connectivity index (χ1v) is 10.1. The molecule has 0 unspecified atom stereocenters. The molecule has 1 atom stereocenters. The molecule has 3 rings (SSSR count). The van der Waals surface area contributed by atoms with Crippen LogP contribution in [0.25, 0.3) is 0 Å². The van der Waals surface area contributed by atoms with E-state index in [2.05, 4.69) is 42.7 Å². The third-order valence-corrected chi connectivity index (χ3v) is 6.20. The van der Waals surface area contributed by atoms with Crippen molar-refractivity contribution in [1.29, 1.82) is 5.26 Å². The third kappa shape index (κ3) is 4.14. The lowest BCUT2D eigenvalue weighted by atomic mass is 9.96. The minimum atomic E-state index is -0.0401. The van der Waals surface area contributed by atoms with Crippen LogP contribution >= 0.6 is 11.3 Å². The summed E-state index contributed by atoms with van der Waals surface area (Å²) in [6.07, 6.45) is 4.29. The van der Waals surface area contributed by atoms with Gasteiger partial charge in [0, 0.05) is 16.4 Å². The quantitative estimate of drug-likeness (QED) is 0.820. The number of fused-ring (bicyclic) bond motifs is 1. The highest BCUT2D eigenvalue weighted by Crippen LogP contribution is 2.37. The Bertz CT molecular complexity index is 805. The molecule has 1 amide bonds. The van der Waals surface area contributed by atoms with Crippen LogP contribution in [0.5, 0.6) is 0 Å². The molecule has 5 heteroatoms.